The van der Waals surface area contributed by atoms with Gasteiger partial charge in [-0.05, 0) is 24.1 Å². The van der Waals surface area contributed by atoms with Gasteiger partial charge in [0.05, 0.1) is 0 Å². The molecular weight excluding hydrogens is 342 g/mol. The van der Waals surface area contributed by atoms with Gasteiger partial charge < -0.3 is 21.5 Å². The number of amides is 3. The molecule has 114 valence electrons. The maximum atomic E-state index is 11.6. The van der Waals surface area contributed by atoms with E-state index in [0.717, 1.165) is 10.0 Å². The zero-order chi connectivity index (χ0) is 15.8. The number of hydrogen-bond acceptors (Lipinski definition) is 3. The molecule has 0 aliphatic rings. The molecule has 0 heterocycles. The van der Waals surface area contributed by atoms with Gasteiger partial charge >= 0.3 is 12.0 Å². The normalized spacial score (nSPS) is 11.5. The van der Waals surface area contributed by atoms with Crippen LogP contribution in [0.5, 0.6) is 0 Å². The van der Waals surface area contributed by atoms with E-state index in [9.17, 15) is 14.4 Å². The second-order valence-electron chi connectivity index (χ2n) is 4.35. The van der Waals surface area contributed by atoms with E-state index in [1.807, 2.05) is 24.3 Å². The van der Waals surface area contributed by atoms with Crippen LogP contribution in [-0.4, -0.2) is 29.1 Å². The monoisotopic (exact) mass is 357 g/mol. The summed E-state index contributed by atoms with van der Waals surface area (Å²) in [5.74, 6) is -1.83. The van der Waals surface area contributed by atoms with E-state index in [2.05, 4.69) is 26.6 Å². The quantitative estimate of drug-likeness (QED) is 0.580. The molecule has 0 spiro atoms. The van der Waals surface area contributed by atoms with Crippen LogP contribution >= 0.6 is 15.9 Å². The highest BCUT2D eigenvalue weighted by atomic mass is 79.9. The van der Waals surface area contributed by atoms with Crippen LogP contribution in [0.15, 0.2) is 28.7 Å². The minimum atomic E-state index is -1.21. The summed E-state index contributed by atoms with van der Waals surface area (Å²) >= 11 is 3.30. The number of nitrogens with two attached hydrogens (primary N) is 1. The Balaban J connectivity index is 2.44. The number of carboxylic acids is 1. The Kier molecular flexibility index (Phi) is 6.67. The van der Waals surface area contributed by atoms with Crippen LogP contribution in [0.25, 0.3) is 0 Å². The fourth-order valence-corrected chi connectivity index (χ4v) is 1.80. The lowest BCUT2D eigenvalue weighted by molar-refractivity contribution is -0.139. The van der Waals surface area contributed by atoms with Crippen molar-refractivity contribution in [1.29, 1.82) is 0 Å². The van der Waals surface area contributed by atoms with Gasteiger partial charge in [-0.2, -0.15) is 0 Å². The third-order valence-electron chi connectivity index (χ3n) is 2.65. The number of benzene rings is 1. The SMILES string of the molecule is NC(=O)CC[C@H](NC(=O)NCc1ccc(Br)cc1)C(=O)O. The number of primary amides is 1. The maximum absolute atomic E-state index is 11.6. The summed E-state index contributed by atoms with van der Waals surface area (Å²) in [6.45, 7) is 0.265. The molecule has 1 aromatic carbocycles. The molecule has 0 aliphatic carbocycles. The predicted octanol–water partition coefficient (Wildman–Crippen LogP) is 0.967. The van der Waals surface area contributed by atoms with Crippen molar-refractivity contribution < 1.29 is 19.5 Å². The van der Waals surface area contributed by atoms with Gasteiger partial charge in [-0.15, -0.1) is 0 Å². The average molecular weight is 358 g/mol. The number of urea groups is 1. The molecule has 1 rings (SSSR count). The van der Waals surface area contributed by atoms with Gasteiger partial charge in [-0.1, -0.05) is 28.1 Å². The van der Waals surface area contributed by atoms with Crippen molar-refractivity contribution in [1.82, 2.24) is 10.6 Å². The molecule has 3 amide bonds. The van der Waals surface area contributed by atoms with Crippen molar-refractivity contribution in [3.63, 3.8) is 0 Å². The number of hydrogen-bond donors (Lipinski definition) is 4. The Morgan fingerprint density at radius 3 is 2.38 bits per heavy atom. The van der Waals surface area contributed by atoms with Gasteiger partial charge in [-0.25, -0.2) is 9.59 Å². The number of aliphatic carboxylic acids is 1. The molecule has 8 heteroatoms. The largest absolute Gasteiger partial charge is 0.480 e. The molecule has 0 aromatic heterocycles. The Hall–Kier alpha value is -2.09. The molecule has 5 N–H and O–H groups in total. The molecule has 0 saturated carbocycles. The summed E-state index contributed by atoms with van der Waals surface area (Å²) in [6.07, 6.45) is -0.152. The van der Waals surface area contributed by atoms with Crippen LogP contribution in [0, 0.1) is 0 Å². The van der Waals surface area contributed by atoms with Crippen LogP contribution in [0.4, 0.5) is 4.79 Å². The number of carbonyl (C=O) groups is 3. The molecule has 7 nitrogen and oxygen atoms in total. The highest BCUT2D eigenvalue weighted by Gasteiger charge is 2.20. The summed E-state index contributed by atoms with van der Waals surface area (Å²) in [7, 11) is 0. The van der Waals surface area contributed by atoms with E-state index in [0.29, 0.717) is 0 Å². The summed E-state index contributed by atoms with van der Waals surface area (Å²) in [6, 6.07) is 5.55. The smallest absolute Gasteiger partial charge is 0.326 e. The molecule has 1 aromatic rings. The maximum Gasteiger partial charge on any atom is 0.326 e. The van der Waals surface area contributed by atoms with Gasteiger partial charge in [0.15, 0.2) is 0 Å². The minimum absolute atomic E-state index is 0.0453. The first kappa shape index (κ1) is 17.0. The van der Waals surface area contributed by atoms with Gasteiger partial charge in [-0.3, -0.25) is 4.79 Å². The topological polar surface area (TPSA) is 122 Å². The van der Waals surface area contributed by atoms with Crippen molar-refractivity contribution >= 4 is 33.8 Å². The van der Waals surface area contributed by atoms with Gasteiger partial charge in [0.25, 0.3) is 0 Å². The van der Waals surface area contributed by atoms with E-state index in [-0.39, 0.29) is 19.4 Å². The first-order chi connectivity index (χ1) is 9.88. The number of carbonyl (C=O) groups excluding carboxylic acids is 2. The van der Waals surface area contributed by atoms with Crippen LogP contribution in [0.1, 0.15) is 18.4 Å². The number of rotatable bonds is 7. The Morgan fingerprint density at radius 2 is 1.86 bits per heavy atom. The van der Waals surface area contributed by atoms with Gasteiger partial charge in [0, 0.05) is 17.4 Å². The van der Waals surface area contributed by atoms with Crippen molar-refractivity contribution in [3.05, 3.63) is 34.3 Å². The fourth-order valence-electron chi connectivity index (χ4n) is 1.54. The first-order valence-corrected chi connectivity index (χ1v) is 6.97. The van der Waals surface area contributed by atoms with Crippen molar-refractivity contribution in [2.45, 2.75) is 25.4 Å². The van der Waals surface area contributed by atoms with Crippen LogP contribution < -0.4 is 16.4 Å². The molecule has 21 heavy (non-hydrogen) atoms. The fraction of sp³-hybridized carbons (Fsp3) is 0.308. The van der Waals surface area contributed by atoms with E-state index >= 15 is 0 Å². The van der Waals surface area contributed by atoms with Crippen LogP contribution in [0.2, 0.25) is 0 Å². The first-order valence-electron chi connectivity index (χ1n) is 6.18. The van der Waals surface area contributed by atoms with Gasteiger partial charge in [0.1, 0.15) is 6.04 Å². The second kappa shape index (κ2) is 8.25. The molecular formula is C13H16BrN3O4. The van der Waals surface area contributed by atoms with Crippen molar-refractivity contribution in [2.75, 3.05) is 0 Å². The third kappa shape index (κ3) is 6.75. The highest BCUT2D eigenvalue weighted by molar-refractivity contribution is 9.10. The average Bonchev–Trinajstić information content (AvgIpc) is 2.42. The van der Waals surface area contributed by atoms with E-state index in [4.69, 9.17) is 10.8 Å². The zero-order valence-corrected chi connectivity index (χ0v) is 12.7. The summed E-state index contributed by atoms with van der Waals surface area (Å²) in [5.41, 5.74) is 5.83. The van der Waals surface area contributed by atoms with E-state index < -0.39 is 23.9 Å². The van der Waals surface area contributed by atoms with Crippen molar-refractivity contribution in [2.24, 2.45) is 5.73 Å². The Morgan fingerprint density at radius 1 is 1.24 bits per heavy atom. The molecule has 0 bridgehead atoms. The lowest BCUT2D eigenvalue weighted by Gasteiger charge is -2.14. The Bertz CT molecular complexity index is 519. The standard InChI is InChI=1S/C13H16BrN3O4/c14-9-3-1-8(2-4-9)7-16-13(21)17-10(12(19)20)5-6-11(15)18/h1-4,10H,5-7H2,(H2,15,18)(H,19,20)(H2,16,17,21)/t10-/m0/s1. The lowest BCUT2D eigenvalue weighted by atomic mass is 10.1. The molecule has 0 radical (unpaired) electrons. The highest BCUT2D eigenvalue weighted by Crippen LogP contribution is 2.10. The number of nitrogens with one attached hydrogen (secondary N) is 2. The molecule has 0 unspecified atom stereocenters. The minimum Gasteiger partial charge on any atom is -0.480 e. The molecule has 0 saturated heterocycles. The Labute approximate surface area is 130 Å². The lowest BCUT2D eigenvalue weighted by Crippen LogP contribution is -2.46. The van der Waals surface area contributed by atoms with Crippen LogP contribution in [0.3, 0.4) is 0 Å². The van der Waals surface area contributed by atoms with E-state index in [1.54, 1.807) is 0 Å². The van der Waals surface area contributed by atoms with Gasteiger partial charge in [0.2, 0.25) is 5.91 Å². The zero-order valence-electron chi connectivity index (χ0n) is 11.1. The summed E-state index contributed by atoms with van der Waals surface area (Å²) in [5, 5.41) is 13.8. The second-order valence-corrected chi connectivity index (χ2v) is 5.26. The third-order valence-corrected chi connectivity index (χ3v) is 3.18. The van der Waals surface area contributed by atoms with E-state index in [1.165, 1.54) is 0 Å². The molecule has 0 fully saturated rings. The van der Waals surface area contributed by atoms with Crippen LogP contribution in [-0.2, 0) is 16.1 Å². The number of carboxylic acid groups (broad SMARTS) is 1. The molecule has 0 aliphatic heterocycles. The molecule has 1 atom stereocenters. The number of halogens is 1. The predicted molar refractivity (Wildman–Crippen MR) is 79.4 cm³/mol. The van der Waals surface area contributed by atoms with Crippen molar-refractivity contribution in [3.8, 4) is 0 Å². The summed E-state index contributed by atoms with van der Waals surface area (Å²) < 4.78 is 0.924. The summed E-state index contributed by atoms with van der Waals surface area (Å²) in [4.78, 5) is 33.2.